The average Bonchev–Trinajstić information content (AvgIpc) is 3.08. The second-order valence-corrected chi connectivity index (χ2v) is 5.63. The van der Waals surface area contributed by atoms with Crippen LogP contribution in [0.4, 0.5) is 4.39 Å². The zero-order valence-electron chi connectivity index (χ0n) is 10.5. The number of hydrogen-bond acceptors (Lipinski definition) is 3. The maximum atomic E-state index is 14.0. The van der Waals surface area contributed by atoms with E-state index in [1.54, 1.807) is 6.92 Å². The Morgan fingerprint density at radius 1 is 1.44 bits per heavy atom. The van der Waals surface area contributed by atoms with E-state index >= 15 is 0 Å². The molecule has 2 N–H and O–H groups in total. The van der Waals surface area contributed by atoms with Gasteiger partial charge >= 0.3 is 0 Å². The number of rotatable bonds is 2. The van der Waals surface area contributed by atoms with Gasteiger partial charge in [0.05, 0.1) is 12.2 Å². The van der Waals surface area contributed by atoms with Gasteiger partial charge in [-0.2, -0.15) is 0 Å². The maximum Gasteiger partial charge on any atom is 0.166 e. The van der Waals surface area contributed by atoms with Crippen molar-refractivity contribution in [1.29, 1.82) is 0 Å². The zero-order valence-corrected chi connectivity index (χ0v) is 10.5. The van der Waals surface area contributed by atoms with Crippen LogP contribution >= 0.6 is 0 Å². The summed E-state index contributed by atoms with van der Waals surface area (Å²) in [6.45, 7) is 3.89. The van der Waals surface area contributed by atoms with Crippen molar-refractivity contribution < 1.29 is 19.3 Å². The summed E-state index contributed by atoms with van der Waals surface area (Å²) in [6, 6.07) is 1.21. The van der Waals surface area contributed by atoms with Crippen molar-refractivity contribution in [2.45, 2.75) is 38.2 Å². The molecule has 98 valence electrons. The summed E-state index contributed by atoms with van der Waals surface area (Å²) in [4.78, 5) is 0. The predicted molar refractivity (Wildman–Crippen MR) is 64.3 cm³/mol. The summed E-state index contributed by atoms with van der Waals surface area (Å²) < 4.78 is 19.2. The van der Waals surface area contributed by atoms with Crippen LogP contribution in [0.15, 0.2) is 6.07 Å². The Morgan fingerprint density at radius 2 is 2.11 bits per heavy atom. The van der Waals surface area contributed by atoms with Crippen LogP contribution in [0.3, 0.4) is 0 Å². The van der Waals surface area contributed by atoms with E-state index in [2.05, 4.69) is 0 Å². The van der Waals surface area contributed by atoms with Crippen LogP contribution in [0.5, 0.6) is 11.5 Å². The lowest BCUT2D eigenvalue weighted by atomic mass is 9.86. The van der Waals surface area contributed by atoms with Crippen molar-refractivity contribution in [3.8, 4) is 11.5 Å². The van der Waals surface area contributed by atoms with E-state index in [1.807, 2.05) is 6.92 Å². The Morgan fingerprint density at radius 3 is 2.72 bits per heavy atom. The van der Waals surface area contributed by atoms with Gasteiger partial charge in [-0.1, -0.05) is 6.92 Å². The monoisotopic (exact) mass is 252 g/mol. The van der Waals surface area contributed by atoms with Gasteiger partial charge in [-0.3, -0.25) is 0 Å². The Kier molecular flexibility index (Phi) is 2.36. The van der Waals surface area contributed by atoms with Crippen LogP contribution < -0.4 is 4.74 Å². The van der Waals surface area contributed by atoms with Crippen molar-refractivity contribution in [3.05, 3.63) is 23.0 Å². The molecule has 0 saturated heterocycles. The lowest BCUT2D eigenvalue weighted by Crippen LogP contribution is -2.24. The molecule has 0 spiro atoms. The van der Waals surface area contributed by atoms with Gasteiger partial charge in [0.1, 0.15) is 5.75 Å². The average molecular weight is 252 g/mol. The molecule has 0 amide bonds. The van der Waals surface area contributed by atoms with Gasteiger partial charge in [0.25, 0.3) is 0 Å². The standard InChI is InChI=1S/C14H17FO3/c1-7-6-18-13-10(15)5-9(12(16)11(7)13)14(2,17)8-3-4-8/h5,7-8,16-17H,3-4,6H2,1-2H3. The van der Waals surface area contributed by atoms with E-state index in [0.29, 0.717) is 17.7 Å². The minimum atomic E-state index is -1.16. The van der Waals surface area contributed by atoms with E-state index in [9.17, 15) is 14.6 Å². The smallest absolute Gasteiger partial charge is 0.166 e. The maximum absolute atomic E-state index is 14.0. The molecule has 1 aliphatic heterocycles. The van der Waals surface area contributed by atoms with Gasteiger partial charge in [-0.15, -0.1) is 0 Å². The van der Waals surface area contributed by atoms with Gasteiger partial charge < -0.3 is 14.9 Å². The molecule has 3 rings (SSSR count). The minimum absolute atomic E-state index is 0.00620. The highest BCUT2D eigenvalue weighted by atomic mass is 19.1. The van der Waals surface area contributed by atoms with Crippen LogP contribution in [-0.2, 0) is 5.60 Å². The zero-order chi connectivity index (χ0) is 13.1. The quantitative estimate of drug-likeness (QED) is 0.850. The molecule has 0 aromatic heterocycles. The first-order valence-corrected chi connectivity index (χ1v) is 6.34. The van der Waals surface area contributed by atoms with Gasteiger partial charge in [-0.05, 0) is 31.7 Å². The molecule has 2 unspecified atom stereocenters. The fourth-order valence-corrected chi connectivity index (χ4v) is 2.79. The highest BCUT2D eigenvalue weighted by Gasteiger charge is 2.44. The van der Waals surface area contributed by atoms with Crippen molar-refractivity contribution in [2.75, 3.05) is 6.61 Å². The molecule has 3 nitrogen and oxygen atoms in total. The summed E-state index contributed by atoms with van der Waals surface area (Å²) in [5.41, 5.74) is -0.382. The molecule has 18 heavy (non-hydrogen) atoms. The molecule has 0 bridgehead atoms. The normalized spacial score (nSPS) is 25.4. The van der Waals surface area contributed by atoms with Crippen LogP contribution in [-0.4, -0.2) is 16.8 Å². The molecule has 0 radical (unpaired) electrons. The first kappa shape index (κ1) is 11.8. The summed E-state index contributed by atoms with van der Waals surface area (Å²) in [5, 5.41) is 20.8. The van der Waals surface area contributed by atoms with E-state index in [1.165, 1.54) is 6.07 Å². The third-order valence-corrected chi connectivity index (χ3v) is 4.13. The molecule has 1 saturated carbocycles. The van der Waals surface area contributed by atoms with E-state index in [4.69, 9.17) is 4.74 Å². The van der Waals surface area contributed by atoms with Crippen LogP contribution in [0.25, 0.3) is 0 Å². The van der Waals surface area contributed by atoms with Crippen LogP contribution in [0.1, 0.15) is 43.7 Å². The Bertz CT molecular complexity index is 506. The summed E-state index contributed by atoms with van der Waals surface area (Å²) in [5.74, 6) is -0.311. The fourth-order valence-electron chi connectivity index (χ4n) is 2.79. The lowest BCUT2D eigenvalue weighted by Gasteiger charge is -2.26. The van der Waals surface area contributed by atoms with Gasteiger partial charge in [0.2, 0.25) is 0 Å². The molecular formula is C14H17FO3. The third-order valence-electron chi connectivity index (χ3n) is 4.13. The Hall–Kier alpha value is -1.29. The second-order valence-electron chi connectivity index (χ2n) is 5.63. The van der Waals surface area contributed by atoms with Crippen molar-refractivity contribution in [3.63, 3.8) is 0 Å². The second kappa shape index (κ2) is 3.60. The molecule has 2 aliphatic rings. The van der Waals surface area contributed by atoms with Crippen LogP contribution in [0, 0.1) is 11.7 Å². The van der Waals surface area contributed by atoms with E-state index < -0.39 is 11.4 Å². The topological polar surface area (TPSA) is 49.7 Å². The molecule has 1 fully saturated rings. The van der Waals surface area contributed by atoms with Crippen LogP contribution in [0.2, 0.25) is 0 Å². The molecule has 4 heteroatoms. The number of hydrogen-bond donors (Lipinski definition) is 2. The third kappa shape index (κ3) is 1.52. The molecular weight excluding hydrogens is 235 g/mol. The van der Waals surface area contributed by atoms with Gasteiger partial charge in [-0.25, -0.2) is 4.39 Å². The van der Waals surface area contributed by atoms with Crippen molar-refractivity contribution in [2.24, 2.45) is 5.92 Å². The SMILES string of the molecule is CC1COc2c(F)cc(C(C)(O)C3CC3)c(O)c21. The van der Waals surface area contributed by atoms with Gasteiger partial charge in [0.15, 0.2) is 11.6 Å². The highest BCUT2D eigenvalue weighted by Crippen LogP contribution is 2.52. The number of fused-ring (bicyclic) bond motifs is 1. The number of aliphatic hydroxyl groups is 1. The molecule has 1 aliphatic carbocycles. The number of phenolic OH excluding ortho intramolecular Hbond substituents is 1. The summed E-state index contributed by atoms with van der Waals surface area (Å²) in [6.07, 6.45) is 1.83. The number of aromatic hydroxyl groups is 1. The number of phenols is 1. The molecule has 2 atom stereocenters. The van der Waals surface area contributed by atoms with E-state index in [0.717, 1.165) is 12.8 Å². The van der Waals surface area contributed by atoms with Crippen molar-refractivity contribution >= 4 is 0 Å². The van der Waals surface area contributed by atoms with Gasteiger partial charge in [0, 0.05) is 17.0 Å². The highest BCUT2D eigenvalue weighted by molar-refractivity contribution is 5.55. The minimum Gasteiger partial charge on any atom is -0.507 e. The summed E-state index contributed by atoms with van der Waals surface area (Å²) >= 11 is 0. The fraction of sp³-hybridized carbons (Fsp3) is 0.571. The summed E-state index contributed by atoms with van der Waals surface area (Å²) in [7, 11) is 0. The van der Waals surface area contributed by atoms with E-state index in [-0.39, 0.29) is 23.3 Å². The number of halogens is 1. The number of ether oxygens (including phenoxy) is 1. The molecule has 1 heterocycles. The Balaban J connectivity index is 2.17. The predicted octanol–water partition coefficient (Wildman–Crippen LogP) is 2.64. The first-order valence-electron chi connectivity index (χ1n) is 6.34. The molecule has 1 aromatic rings. The first-order chi connectivity index (χ1) is 8.43. The number of benzene rings is 1. The Labute approximate surface area is 105 Å². The largest absolute Gasteiger partial charge is 0.507 e. The lowest BCUT2D eigenvalue weighted by molar-refractivity contribution is 0.0303. The molecule has 1 aromatic carbocycles. The van der Waals surface area contributed by atoms with Crippen molar-refractivity contribution in [1.82, 2.24) is 0 Å².